The number of aromatic nitrogens is 3. The smallest absolute Gasteiger partial charge is 0.195 e. The first-order valence-electron chi connectivity index (χ1n) is 4.90. The summed E-state index contributed by atoms with van der Waals surface area (Å²) < 4.78 is 8.12. The third-order valence-corrected chi connectivity index (χ3v) is 2.23. The van der Waals surface area contributed by atoms with Crippen LogP contribution in [0.15, 0.2) is 0 Å². The van der Waals surface area contributed by atoms with Crippen LogP contribution in [0.3, 0.4) is 0 Å². The van der Waals surface area contributed by atoms with Crippen molar-refractivity contribution in [3.63, 3.8) is 0 Å². The van der Waals surface area contributed by atoms with E-state index in [1.165, 1.54) is 0 Å². The van der Waals surface area contributed by atoms with Crippen LogP contribution in [0.5, 0.6) is 0 Å². The highest BCUT2D eigenvalue weighted by atomic mass is 32.1. The lowest BCUT2D eigenvalue weighted by Crippen LogP contribution is -2.12. The van der Waals surface area contributed by atoms with Gasteiger partial charge in [-0.1, -0.05) is 6.92 Å². The molecule has 0 bridgehead atoms. The van der Waals surface area contributed by atoms with Crippen molar-refractivity contribution in [3.8, 4) is 0 Å². The van der Waals surface area contributed by atoms with Crippen molar-refractivity contribution >= 4 is 12.2 Å². The Hall–Kier alpha value is -0.680. The summed E-state index contributed by atoms with van der Waals surface area (Å²) in [6.07, 6.45) is 1.15. The van der Waals surface area contributed by atoms with Gasteiger partial charge in [0.1, 0.15) is 5.82 Å². The van der Waals surface area contributed by atoms with Crippen LogP contribution in [0.1, 0.15) is 26.6 Å². The molecule has 0 fully saturated rings. The first kappa shape index (κ1) is 11.4. The second-order valence-electron chi connectivity index (χ2n) is 3.37. The lowest BCUT2D eigenvalue weighted by Gasteiger charge is -2.08. The average molecular weight is 215 g/mol. The van der Waals surface area contributed by atoms with E-state index >= 15 is 0 Å². The van der Waals surface area contributed by atoms with Gasteiger partial charge in [0.15, 0.2) is 4.77 Å². The highest BCUT2D eigenvalue weighted by Gasteiger charge is 2.03. The molecule has 0 radical (unpaired) electrons. The predicted octanol–water partition coefficient (Wildman–Crippen LogP) is 1.93. The zero-order valence-electron chi connectivity index (χ0n) is 8.91. The molecule has 1 aromatic rings. The Morgan fingerprint density at radius 3 is 2.86 bits per heavy atom. The van der Waals surface area contributed by atoms with Crippen molar-refractivity contribution < 1.29 is 4.74 Å². The molecule has 0 spiro atoms. The fourth-order valence-corrected chi connectivity index (χ4v) is 1.47. The maximum atomic E-state index is 5.46. The van der Waals surface area contributed by atoms with Gasteiger partial charge < -0.3 is 9.30 Å². The van der Waals surface area contributed by atoms with Crippen molar-refractivity contribution in [2.45, 2.75) is 39.8 Å². The number of nitrogens with zero attached hydrogens (tertiary/aromatic N) is 2. The van der Waals surface area contributed by atoms with Crippen LogP contribution in [0, 0.1) is 4.77 Å². The van der Waals surface area contributed by atoms with Crippen LogP contribution >= 0.6 is 12.2 Å². The summed E-state index contributed by atoms with van der Waals surface area (Å²) >= 11 is 5.11. The maximum absolute atomic E-state index is 5.46. The molecule has 0 aromatic carbocycles. The van der Waals surface area contributed by atoms with Gasteiger partial charge in [-0.3, -0.25) is 5.10 Å². The van der Waals surface area contributed by atoms with Gasteiger partial charge in [-0.2, -0.15) is 5.10 Å². The molecule has 0 amide bonds. The van der Waals surface area contributed by atoms with E-state index in [0.717, 1.165) is 18.8 Å². The quantitative estimate of drug-likeness (QED) is 0.763. The molecule has 80 valence electrons. The number of rotatable bonds is 5. The molecule has 14 heavy (non-hydrogen) atoms. The Morgan fingerprint density at radius 2 is 2.29 bits per heavy atom. The number of aromatic amines is 1. The Balaban J connectivity index is 2.57. The van der Waals surface area contributed by atoms with Gasteiger partial charge in [0.2, 0.25) is 0 Å². The van der Waals surface area contributed by atoms with Crippen molar-refractivity contribution in [2.24, 2.45) is 0 Å². The van der Waals surface area contributed by atoms with Crippen molar-refractivity contribution in [1.82, 2.24) is 14.8 Å². The zero-order valence-corrected chi connectivity index (χ0v) is 9.73. The van der Waals surface area contributed by atoms with E-state index < -0.39 is 0 Å². The largest absolute Gasteiger partial charge is 0.377 e. The zero-order chi connectivity index (χ0) is 10.6. The minimum Gasteiger partial charge on any atom is -0.377 e. The van der Waals surface area contributed by atoms with Gasteiger partial charge in [0.05, 0.1) is 19.3 Å². The van der Waals surface area contributed by atoms with Gasteiger partial charge in [-0.05, 0) is 26.1 Å². The van der Waals surface area contributed by atoms with Crippen LogP contribution in [0.2, 0.25) is 0 Å². The first-order valence-corrected chi connectivity index (χ1v) is 5.31. The van der Waals surface area contributed by atoms with Crippen molar-refractivity contribution in [1.29, 1.82) is 0 Å². The first-order chi connectivity index (χ1) is 6.65. The summed E-state index contributed by atoms with van der Waals surface area (Å²) in [5.41, 5.74) is 0. The number of H-pyrrole nitrogens is 1. The van der Waals surface area contributed by atoms with Crippen LogP contribution in [0.25, 0.3) is 0 Å². The maximum Gasteiger partial charge on any atom is 0.195 e. The molecule has 1 rings (SSSR count). The van der Waals surface area contributed by atoms with Crippen LogP contribution in [-0.4, -0.2) is 27.5 Å². The van der Waals surface area contributed by atoms with Gasteiger partial charge in [-0.25, -0.2) is 0 Å². The van der Waals surface area contributed by atoms with Gasteiger partial charge in [-0.15, -0.1) is 0 Å². The highest BCUT2D eigenvalue weighted by molar-refractivity contribution is 7.71. The van der Waals surface area contributed by atoms with E-state index in [1.807, 2.05) is 18.4 Å². The summed E-state index contributed by atoms with van der Waals surface area (Å²) in [4.78, 5) is 0. The minimum absolute atomic E-state index is 0.265. The minimum atomic E-state index is 0.265. The number of aryl methyl sites for hydroxylation is 1. The molecule has 0 unspecified atom stereocenters. The Morgan fingerprint density at radius 1 is 1.57 bits per heavy atom. The van der Waals surface area contributed by atoms with E-state index in [0.29, 0.717) is 11.4 Å². The summed E-state index contributed by atoms with van der Waals surface area (Å²) in [6.45, 7) is 7.56. The molecule has 0 aliphatic rings. The molecule has 1 heterocycles. The van der Waals surface area contributed by atoms with Crippen LogP contribution in [-0.2, 0) is 17.7 Å². The summed E-state index contributed by atoms with van der Waals surface area (Å²) in [7, 11) is 0. The fraction of sp³-hybridized carbons (Fsp3) is 0.778. The molecule has 0 aliphatic heterocycles. The summed E-state index contributed by atoms with van der Waals surface area (Å²) in [6, 6.07) is 0. The molecule has 4 nitrogen and oxygen atoms in total. The average Bonchev–Trinajstić information content (AvgIpc) is 2.47. The Kier molecular flexibility index (Phi) is 4.28. The van der Waals surface area contributed by atoms with Gasteiger partial charge >= 0.3 is 0 Å². The normalized spacial score (nSPS) is 11.1. The topological polar surface area (TPSA) is 42.8 Å². The third kappa shape index (κ3) is 2.92. The second-order valence-corrected chi connectivity index (χ2v) is 3.76. The van der Waals surface area contributed by atoms with Gasteiger partial charge in [0.25, 0.3) is 0 Å². The SMILES string of the molecule is CCc1n[nH]c(=S)n1CCOC(C)C. The second kappa shape index (κ2) is 5.26. The van der Waals surface area contributed by atoms with Crippen LogP contribution < -0.4 is 0 Å². The van der Waals surface area contributed by atoms with Gasteiger partial charge in [0, 0.05) is 6.42 Å². The van der Waals surface area contributed by atoms with E-state index in [-0.39, 0.29) is 6.10 Å². The monoisotopic (exact) mass is 215 g/mol. The molecule has 1 aromatic heterocycles. The lowest BCUT2D eigenvalue weighted by molar-refractivity contribution is 0.0721. The van der Waals surface area contributed by atoms with E-state index in [4.69, 9.17) is 17.0 Å². The van der Waals surface area contributed by atoms with E-state index in [9.17, 15) is 0 Å². The molecule has 5 heteroatoms. The number of ether oxygens (including phenoxy) is 1. The Labute approximate surface area is 89.3 Å². The van der Waals surface area contributed by atoms with Crippen molar-refractivity contribution in [3.05, 3.63) is 10.6 Å². The molecular weight excluding hydrogens is 198 g/mol. The molecular formula is C9H17N3OS. The molecule has 0 aliphatic carbocycles. The molecule has 0 saturated carbocycles. The predicted molar refractivity (Wildman–Crippen MR) is 57.9 cm³/mol. The van der Waals surface area contributed by atoms with Crippen LogP contribution in [0.4, 0.5) is 0 Å². The molecule has 0 saturated heterocycles. The third-order valence-electron chi connectivity index (χ3n) is 1.92. The summed E-state index contributed by atoms with van der Waals surface area (Å²) in [5.74, 6) is 0.988. The van der Waals surface area contributed by atoms with E-state index in [1.54, 1.807) is 0 Å². The standard InChI is InChI=1S/C9H17N3OS/c1-4-8-10-11-9(14)12(8)5-6-13-7(2)3/h7H,4-6H2,1-3H3,(H,11,14). The number of hydrogen-bond donors (Lipinski definition) is 1. The number of nitrogens with one attached hydrogen (secondary N) is 1. The van der Waals surface area contributed by atoms with Crippen molar-refractivity contribution in [2.75, 3.05) is 6.61 Å². The Bertz CT molecular complexity index is 329. The molecule has 1 N–H and O–H groups in total. The molecule has 0 atom stereocenters. The lowest BCUT2D eigenvalue weighted by atomic mass is 10.4. The number of hydrogen-bond acceptors (Lipinski definition) is 3. The fourth-order valence-electron chi connectivity index (χ4n) is 1.23. The summed E-state index contributed by atoms with van der Waals surface area (Å²) in [5, 5.41) is 6.91. The highest BCUT2D eigenvalue weighted by Crippen LogP contribution is 1.99. The van der Waals surface area contributed by atoms with E-state index in [2.05, 4.69) is 17.1 Å².